The van der Waals surface area contributed by atoms with E-state index >= 15 is 0 Å². The fourth-order valence-electron chi connectivity index (χ4n) is 2.50. The molecule has 0 saturated carbocycles. The summed E-state index contributed by atoms with van der Waals surface area (Å²) < 4.78 is 7.36. The second-order valence-electron chi connectivity index (χ2n) is 5.17. The lowest BCUT2D eigenvalue weighted by atomic mass is 10.1. The minimum atomic E-state index is -0.197. The first-order chi connectivity index (χ1) is 10.7. The molecule has 0 radical (unpaired) electrons. The van der Waals surface area contributed by atoms with Gasteiger partial charge in [0.2, 0.25) is 0 Å². The number of nitrogens with zero attached hydrogens (tertiary/aromatic N) is 4. The summed E-state index contributed by atoms with van der Waals surface area (Å²) in [6.45, 7) is 1.58. The van der Waals surface area contributed by atoms with E-state index in [0.717, 1.165) is 11.4 Å². The Morgan fingerprint density at radius 2 is 2.27 bits per heavy atom. The molecule has 7 nitrogen and oxygen atoms in total. The van der Waals surface area contributed by atoms with Crippen LogP contribution < -0.4 is 5.32 Å². The van der Waals surface area contributed by atoms with E-state index in [1.54, 1.807) is 35.1 Å². The number of amides is 1. The Morgan fingerprint density at radius 1 is 1.41 bits per heavy atom. The molecule has 0 aliphatic carbocycles. The Balaban J connectivity index is 1.73. The summed E-state index contributed by atoms with van der Waals surface area (Å²) in [7, 11) is 3.62. The van der Waals surface area contributed by atoms with Crippen LogP contribution in [0.2, 0.25) is 0 Å². The number of aryl methyl sites for hydroxylation is 1. The number of pyridine rings is 1. The molecule has 0 aromatic carbocycles. The van der Waals surface area contributed by atoms with Crippen molar-refractivity contribution in [2.24, 2.45) is 7.05 Å². The van der Waals surface area contributed by atoms with Gasteiger partial charge in [-0.25, -0.2) is 0 Å². The van der Waals surface area contributed by atoms with E-state index in [2.05, 4.69) is 15.4 Å². The molecule has 1 amide bonds. The molecule has 7 heteroatoms. The van der Waals surface area contributed by atoms with Gasteiger partial charge in [0.1, 0.15) is 11.8 Å². The number of aromatic nitrogens is 3. The largest absolute Gasteiger partial charge is 0.387 e. The average Bonchev–Trinajstić information content (AvgIpc) is 3.00. The molecule has 1 aliphatic heterocycles. The monoisotopic (exact) mass is 301 g/mol. The molecule has 2 aromatic heterocycles. The molecular weight excluding hydrogens is 282 g/mol. The van der Waals surface area contributed by atoms with Gasteiger partial charge in [0.15, 0.2) is 0 Å². The maximum Gasteiger partial charge on any atom is 0.272 e. The third kappa shape index (κ3) is 2.80. The zero-order chi connectivity index (χ0) is 15.5. The number of hydrogen-bond donors (Lipinski definition) is 1. The van der Waals surface area contributed by atoms with Crippen molar-refractivity contribution >= 4 is 11.6 Å². The third-order valence-electron chi connectivity index (χ3n) is 3.80. The van der Waals surface area contributed by atoms with E-state index in [1.165, 1.54) is 0 Å². The van der Waals surface area contributed by atoms with Crippen molar-refractivity contribution in [3.63, 3.8) is 0 Å². The highest BCUT2D eigenvalue weighted by Gasteiger charge is 2.28. The zero-order valence-corrected chi connectivity index (χ0v) is 12.7. The Bertz CT molecular complexity index is 652. The van der Waals surface area contributed by atoms with Crippen molar-refractivity contribution in [1.82, 2.24) is 19.7 Å². The van der Waals surface area contributed by atoms with Gasteiger partial charge < -0.3 is 15.0 Å². The lowest BCUT2D eigenvalue weighted by Gasteiger charge is -2.32. The lowest BCUT2D eigenvalue weighted by molar-refractivity contribution is -0.0250. The molecule has 1 N–H and O–H groups in total. The van der Waals surface area contributed by atoms with Crippen LogP contribution >= 0.6 is 0 Å². The van der Waals surface area contributed by atoms with Gasteiger partial charge in [-0.15, -0.1) is 0 Å². The third-order valence-corrected chi connectivity index (χ3v) is 3.80. The van der Waals surface area contributed by atoms with Gasteiger partial charge in [0.05, 0.1) is 30.7 Å². The number of hydrogen-bond acceptors (Lipinski definition) is 5. The molecule has 1 atom stereocenters. The maximum atomic E-state index is 12.5. The Kier molecular flexibility index (Phi) is 4.06. The second kappa shape index (κ2) is 6.15. The number of carbonyl (C=O) groups excluding carboxylic acids is 1. The minimum Gasteiger partial charge on any atom is -0.387 e. The smallest absolute Gasteiger partial charge is 0.272 e. The first-order valence-corrected chi connectivity index (χ1v) is 7.21. The molecule has 0 spiro atoms. The summed E-state index contributed by atoms with van der Waals surface area (Å²) in [6.07, 6.45) is 3.20. The number of anilines is 1. The number of rotatable bonds is 3. The Labute approximate surface area is 128 Å². The summed E-state index contributed by atoms with van der Waals surface area (Å²) in [5.41, 5.74) is 2.36. The molecule has 1 unspecified atom stereocenters. The molecule has 3 rings (SSSR count). The van der Waals surface area contributed by atoms with E-state index < -0.39 is 0 Å². The second-order valence-corrected chi connectivity index (χ2v) is 5.17. The van der Waals surface area contributed by atoms with Crippen LogP contribution in [-0.4, -0.2) is 52.3 Å². The summed E-state index contributed by atoms with van der Waals surface area (Å²) in [5.74, 6) is -0.0276. The van der Waals surface area contributed by atoms with E-state index in [4.69, 9.17) is 4.74 Å². The lowest BCUT2D eigenvalue weighted by Crippen LogP contribution is -2.43. The highest BCUT2D eigenvalue weighted by molar-refractivity contribution is 5.92. The number of ether oxygens (including phenoxy) is 1. The molecule has 1 aliphatic rings. The zero-order valence-electron chi connectivity index (χ0n) is 12.7. The van der Waals surface area contributed by atoms with Crippen molar-refractivity contribution in [1.29, 1.82) is 0 Å². The van der Waals surface area contributed by atoms with Gasteiger partial charge in [0.25, 0.3) is 5.91 Å². The molecule has 22 heavy (non-hydrogen) atoms. The fourth-order valence-corrected chi connectivity index (χ4v) is 2.50. The van der Waals surface area contributed by atoms with Crippen LogP contribution in [0.15, 0.2) is 30.6 Å². The molecule has 1 saturated heterocycles. The van der Waals surface area contributed by atoms with Crippen molar-refractivity contribution in [2.45, 2.75) is 6.10 Å². The highest BCUT2D eigenvalue weighted by Crippen LogP contribution is 2.22. The van der Waals surface area contributed by atoms with Crippen LogP contribution in [0.3, 0.4) is 0 Å². The Morgan fingerprint density at radius 3 is 2.91 bits per heavy atom. The van der Waals surface area contributed by atoms with E-state index in [9.17, 15) is 4.79 Å². The van der Waals surface area contributed by atoms with Gasteiger partial charge in [-0.2, -0.15) is 5.10 Å². The van der Waals surface area contributed by atoms with Crippen LogP contribution in [0.5, 0.6) is 0 Å². The molecule has 1 fully saturated rings. The molecule has 3 heterocycles. The predicted octanol–water partition coefficient (Wildman–Crippen LogP) is 1.07. The molecular formula is C15H19N5O2. The van der Waals surface area contributed by atoms with Crippen LogP contribution in [0.25, 0.3) is 0 Å². The van der Waals surface area contributed by atoms with Crippen molar-refractivity contribution in [3.05, 3.63) is 42.0 Å². The maximum absolute atomic E-state index is 12.5. The van der Waals surface area contributed by atoms with Crippen molar-refractivity contribution < 1.29 is 9.53 Å². The quantitative estimate of drug-likeness (QED) is 0.918. The molecule has 0 bridgehead atoms. The van der Waals surface area contributed by atoms with E-state index in [-0.39, 0.29) is 12.0 Å². The van der Waals surface area contributed by atoms with Gasteiger partial charge in [-0.1, -0.05) is 0 Å². The molecule has 116 valence electrons. The summed E-state index contributed by atoms with van der Waals surface area (Å²) in [6, 6.07) is 5.61. The first kappa shape index (κ1) is 14.5. The van der Waals surface area contributed by atoms with Crippen LogP contribution in [0.1, 0.15) is 22.3 Å². The standard InChI is InChI=1S/C15H19N5O2/c1-16-11-3-4-12(17-9-11)14-10-20(7-8-22-14)15(21)13-5-6-18-19(13)2/h3-6,9,14,16H,7-8,10H2,1-2H3. The average molecular weight is 301 g/mol. The number of carbonyl (C=O) groups is 1. The first-order valence-electron chi connectivity index (χ1n) is 7.21. The van der Waals surface area contributed by atoms with Crippen LogP contribution in [0.4, 0.5) is 5.69 Å². The SMILES string of the molecule is CNc1ccc(C2CN(C(=O)c3ccnn3C)CCO2)nc1. The van der Waals surface area contributed by atoms with Crippen molar-refractivity contribution in [2.75, 3.05) is 32.1 Å². The summed E-state index contributed by atoms with van der Waals surface area (Å²) in [4.78, 5) is 18.7. The number of morpholine rings is 1. The van der Waals surface area contributed by atoms with Crippen LogP contribution in [0, 0.1) is 0 Å². The highest BCUT2D eigenvalue weighted by atomic mass is 16.5. The van der Waals surface area contributed by atoms with Gasteiger partial charge in [0, 0.05) is 26.8 Å². The van der Waals surface area contributed by atoms with Gasteiger partial charge in [-0.05, 0) is 18.2 Å². The van der Waals surface area contributed by atoms with Gasteiger partial charge >= 0.3 is 0 Å². The minimum absolute atomic E-state index is 0.0276. The predicted molar refractivity (Wildman–Crippen MR) is 81.6 cm³/mol. The summed E-state index contributed by atoms with van der Waals surface area (Å²) >= 11 is 0. The fraction of sp³-hybridized carbons (Fsp3) is 0.400. The molecule has 2 aromatic rings. The van der Waals surface area contributed by atoms with Crippen LogP contribution in [-0.2, 0) is 11.8 Å². The topological polar surface area (TPSA) is 72.3 Å². The summed E-state index contributed by atoms with van der Waals surface area (Å²) in [5, 5.41) is 7.08. The van der Waals surface area contributed by atoms with E-state index in [0.29, 0.717) is 25.4 Å². The van der Waals surface area contributed by atoms with E-state index in [1.807, 2.05) is 19.2 Å². The normalized spacial score (nSPS) is 18.3. The van der Waals surface area contributed by atoms with Crippen molar-refractivity contribution in [3.8, 4) is 0 Å². The van der Waals surface area contributed by atoms with Gasteiger partial charge in [-0.3, -0.25) is 14.5 Å². The Hall–Kier alpha value is -2.41. The number of nitrogens with one attached hydrogen (secondary N) is 1.